The van der Waals surface area contributed by atoms with Crippen LogP contribution in [0.5, 0.6) is 5.75 Å². The third-order valence-corrected chi connectivity index (χ3v) is 7.24. The largest absolute Gasteiger partial charge is 0.484 e. The summed E-state index contributed by atoms with van der Waals surface area (Å²) < 4.78 is 31.1. The number of nitrogens with zero attached hydrogens (tertiary/aromatic N) is 1. The summed E-state index contributed by atoms with van der Waals surface area (Å²) >= 11 is 6.20. The Kier molecular flexibility index (Phi) is 6.07. The minimum atomic E-state index is -3.39. The van der Waals surface area contributed by atoms with E-state index in [9.17, 15) is 13.2 Å². The van der Waals surface area contributed by atoms with E-state index in [2.05, 4.69) is 0 Å². The van der Waals surface area contributed by atoms with Crippen molar-refractivity contribution in [1.82, 2.24) is 4.90 Å². The van der Waals surface area contributed by atoms with Crippen LogP contribution in [0.15, 0.2) is 48.5 Å². The summed E-state index contributed by atoms with van der Waals surface area (Å²) in [5.74, 6) is 0.356. The molecule has 2 aromatic carbocycles. The summed E-state index contributed by atoms with van der Waals surface area (Å²) in [7, 11) is -3.39. The van der Waals surface area contributed by atoms with E-state index in [0.29, 0.717) is 29.3 Å². The molecule has 0 radical (unpaired) electrons. The van der Waals surface area contributed by atoms with Gasteiger partial charge in [0.15, 0.2) is 16.4 Å². The number of ether oxygens (including phenoxy) is 1. The van der Waals surface area contributed by atoms with Crippen LogP contribution in [0, 0.1) is 6.92 Å². The monoisotopic (exact) mass is 407 g/mol. The van der Waals surface area contributed by atoms with E-state index in [1.54, 1.807) is 29.2 Å². The van der Waals surface area contributed by atoms with Crippen LogP contribution in [0.2, 0.25) is 5.02 Å². The molecule has 1 fully saturated rings. The number of rotatable bonds is 4. The number of aryl methyl sites for hydroxylation is 1. The first kappa shape index (κ1) is 19.7. The number of hydrogen-bond acceptors (Lipinski definition) is 4. The molecule has 0 spiro atoms. The van der Waals surface area contributed by atoms with Crippen molar-refractivity contribution < 1.29 is 17.9 Å². The van der Waals surface area contributed by atoms with Crippen LogP contribution in [0.4, 0.5) is 0 Å². The molecule has 0 saturated carbocycles. The van der Waals surface area contributed by atoms with Gasteiger partial charge >= 0.3 is 0 Å². The zero-order chi connectivity index (χ0) is 19.4. The number of benzene rings is 2. The summed E-state index contributed by atoms with van der Waals surface area (Å²) in [6.45, 7) is 2.32. The Hall–Kier alpha value is -2.05. The van der Waals surface area contributed by atoms with E-state index in [4.69, 9.17) is 16.3 Å². The lowest BCUT2D eigenvalue weighted by Gasteiger charge is -2.20. The molecule has 1 aliphatic heterocycles. The van der Waals surface area contributed by atoms with Crippen molar-refractivity contribution in [3.05, 3.63) is 64.7 Å². The molecule has 27 heavy (non-hydrogen) atoms. The third-order valence-electron chi connectivity index (χ3n) is 4.79. The van der Waals surface area contributed by atoms with Gasteiger partial charge in [0.05, 0.1) is 11.0 Å². The van der Waals surface area contributed by atoms with Crippen molar-refractivity contribution in [2.24, 2.45) is 0 Å². The van der Waals surface area contributed by atoms with Gasteiger partial charge in [-0.25, -0.2) is 8.42 Å². The Labute approximate surface area is 164 Å². The predicted molar refractivity (Wildman–Crippen MR) is 106 cm³/mol. The normalized spacial score (nSPS) is 19.3. The molecule has 0 aliphatic carbocycles. The fourth-order valence-corrected chi connectivity index (χ4v) is 5.38. The maximum Gasteiger partial charge on any atom is 0.260 e. The smallest absolute Gasteiger partial charge is 0.260 e. The standard InChI is InChI=1S/C20H22ClNO4S/c1-15-6-2-5-9-18(15)26-14-20(23)22-11-10-19(27(24,25)13-12-22)16-7-3-4-8-17(16)21/h2-9,19H,10-14H2,1H3. The van der Waals surface area contributed by atoms with E-state index in [-0.39, 0.29) is 24.8 Å². The highest BCUT2D eigenvalue weighted by molar-refractivity contribution is 7.91. The van der Waals surface area contributed by atoms with E-state index >= 15 is 0 Å². The van der Waals surface area contributed by atoms with Gasteiger partial charge < -0.3 is 9.64 Å². The molecule has 1 unspecified atom stereocenters. The summed E-state index contributed by atoms with van der Waals surface area (Å²) in [4.78, 5) is 14.1. The first-order chi connectivity index (χ1) is 12.9. The molecule has 1 heterocycles. The summed E-state index contributed by atoms with van der Waals surface area (Å²) in [6, 6.07) is 14.4. The number of halogens is 1. The van der Waals surface area contributed by atoms with E-state index in [1.807, 2.05) is 31.2 Å². The lowest BCUT2D eigenvalue weighted by atomic mass is 10.1. The molecule has 0 N–H and O–H groups in total. The van der Waals surface area contributed by atoms with E-state index < -0.39 is 15.1 Å². The fraction of sp³-hybridized carbons (Fsp3) is 0.350. The third kappa shape index (κ3) is 4.62. The van der Waals surface area contributed by atoms with Crippen molar-refractivity contribution in [3.63, 3.8) is 0 Å². The van der Waals surface area contributed by atoms with Gasteiger partial charge in [0.1, 0.15) is 5.75 Å². The fourth-order valence-electron chi connectivity index (χ4n) is 3.23. The van der Waals surface area contributed by atoms with Crippen molar-refractivity contribution in [3.8, 4) is 5.75 Å². The zero-order valence-electron chi connectivity index (χ0n) is 15.1. The first-order valence-electron chi connectivity index (χ1n) is 8.80. The minimum Gasteiger partial charge on any atom is -0.484 e. The molecule has 1 saturated heterocycles. The van der Waals surface area contributed by atoms with E-state index in [0.717, 1.165) is 5.56 Å². The number of sulfone groups is 1. The number of para-hydroxylation sites is 1. The molecule has 7 heteroatoms. The van der Waals surface area contributed by atoms with Crippen LogP contribution in [-0.4, -0.2) is 44.7 Å². The molecule has 3 rings (SSSR count). The highest BCUT2D eigenvalue weighted by Gasteiger charge is 2.33. The second-order valence-electron chi connectivity index (χ2n) is 6.60. The average Bonchev–Trinajstić information content (AvgIpc) is 2.79. The first-order valence-corrected chi connectivity index (χ1v) is 10.9. The average molecular weight is 408 g/mol. The van der Waals surface area contributed by atoms with Crippen LogP contribution >= 0.6 is 11.6 Å². The molecule has 0 aromatic heterocycles. The maximum atomic E-state index is 12.7. The van der Waals surface area contributed by atoms with Crippen LogP contribution in [0.3, 0.4) is 0 Å². The number of hydrogen-bond donors (Lipinski definition) is 0. The van der Waals surface area contributed by atoms with Gasteiger partial charge in [0.2, 0.25) is 0 Å². The molecule has 1 atom stereocenters. The quantitative estimate of drug-likeness (QED) is 0.779. The van der Waals surface area contributed by atoms with Crippen molar-refractivity contribution in [1.29, 1.82) is 0 Å². The summed E-state index contributed by atoms with van der Waals surface area (Å²) in [5.41, 5.74) is 1.55. The molecule has 1 aliphatic rings. The van der Waals surface area contributed by atoms with Gasteiger partial charge in [-0.05, 0) is 36.6 Å². The maximum absolute atomic E-state index is 12.7. The zero-order valence-corrected chi connectivity index (χ0v) is 16.7. The molecular formula is C20H22ClNO4S. The highest BCUT2D eigenvalue weighted by atomic mass is 35.5. The molecule has 0 bridgehead atoms. The van der Waals surface area contributed by atoms with Gasteiger partial charge in [0, 0.05) is 18.1 Å². The van der Waals surface area contributed by atoms with Crippen LogP contribution < -0.4 is 4.74 Å². The van der Waals surface area contributed by atoms with Crippen molar-refractivity contribution >= 4 is 27.3 Å². The van der Waals surface area contributed by atoms with Gasteiger partial charge in [-0.2, -0.15) is 0 Å². The number of amides is 1. The van der Waals surface area contributed by atoms with Gasteiger partial charge in [-0.1, -0.05) is 48.0 Å². The SMILES string of the molecule is Cc1ccccc1OCC(=O)N1CCC(c2ccccc2Cl)S(=O)(=O)CC1. The Bertz CT molecular complexity index is 929. The van der Waals surface area contributed by atoms with Crippen LogP contribution in [0.25, 0.3) is 0 Å². The molecule has 1 amide bonds. The lowest BCUT2D eigenvalue weighted by molar-refractivity contribution is -0.133. The topological polar surface area (TPSA) is 63.7 Å². The van der Waals surface area contributed by atoms with Gasteiger partial charge in [0.25, 0.3) is 5.91 Å². The van der Waals surface area contributed by atoms with Crippen molar-refractivity contribution in [2.75, 3.05) is 25.4 Å². The Balaban J connectivity index is 1.69. The van der Waals surface area contributed by atoms with Gasteiger partial charge in [-0.3, -0.25) is 4.79 Å². The summed E-state index contributed by atoms with van der Waals surface area (Å²) in [5, 5.41) is -0.255. The van der Waals surface area contributed by atoms with Crippen LogP contribution in [0.1, 0.15) is 22.8 Å². The molecule has 5 nitrogen and oxygen atoms in total. The lowest BCUT2D eigenvalue weighted by Crippen LogP contribution is -2.37. The predicted octanol–water partition coefficient (Wildman–Crippen LogP) is 3.42. The number of carbonyl (C=O) groups is 1. The second-order valence-corrected chi connectivity index (χ2v) is 9.31. The number of carbonyl (C=O) groups excluding carboxylic acids is 1. The Morgan fingerprint density at radius 3 is 2.59 bits per heavy atom. The Morgan fingerprint density at radius 2 is 1.85 bits per heavy atom. The summed E-state index contributed by atoms with van der Waals surface area (Å²) in [6.07, 6.45) is 0.322. The minimum absolute atomic E-state index is 0.0843. The van der Waals surface area contributed by atoms with Crippen LogP contribution in [-0.2, 0) is 14.6 Å². The van der Waals surface area contributed by atoms with Crippen molar-refractivity contribution in [2.45, 2.75) is 18.6 Å². The molecular weight excluding hydrogens is 386 g/mol. The Morgan fingerprint density at radius 1 is 1.15 bits per heavy atom. The molecule has 144 valence electrons. The van der Waals surface area contributed by atoms with E-state index in [1.165, 1.54) is 0 Å². The van der Waals surface area contributed by atoms with Gasteiger partial charge in [-0.15, -0.1) is 0 Å². The second kappa shape index (κ2) is 8.31. The highest BCUT2D eigenvalue weighted by Crippen LogP contribution is 2.33. The molecule has 2 aromatic rings.